The first-order valence-electron chi connectivity index (χ1n) is 6.09. The molecule has 0 spiro atoms. The SMILES string of the molecule is N=C(N)CCN(Cc1cccnc1)c1ncncc1I. The molecule has 7 heteroatoms. The summed E-state index contributed by atoms with van der Waals surface area (Å²) in [6, 6.07) is 3.92. The van der Waals surface area contributed by atoms with E-state index in [-0.39, 0.29) is 5.84 Å². The molecule has 104 valence electrons. The average molecular weight is 382 g/mol. The van der Waals surface area contributed by atoms with Gasteiger partial charge in [0, 0.05) is 38.1 Å². The molecule has 0 aliphatic heterocycles. The largest absolute Gasteiger partial charge is 0.388 e. The van der Waals surface area contributed by atoms with Gasteiger partial charge >= 0.3 is 0 Å². The van der Waals surface area contributed by atoms with Crippen molar-refractivity contribution in [1.82, 2.24) is 15.0 Å². The van der Waals surface area contributed by atoms with Crippen LogP contribution in [0.1, 0.15) is 12.0 Å². The van der Waals surface area contributed by atoms with Crippen LogP contribution in [0, 0.1) is 8.98 Å². The first kappa shape index (κ1) is 14.6. The zero-order chi connectivity index (χ0) is 14.4. The van der Waals surface area contributed by atoms with Crippen LogP contribution in [0.4, 0.5) is 5.82 Å². The van der Waals surface area contributed by atoms with Gasteiger partial charge in [0.05, 0.1) is 9.41 Å². The lowest BCUT2D eigenvalue weighted by molar-refractivity contribution is 0.778. The van der Waals surface area contributed by atoms with Gasteiger partial charge in [-0.05, 0) is 34.2 Å². The minimum absolute atomic E-state index is 0.172. The highest BCUT2D eigenvalue weighted by Gasteiger charge is 2.12. The Morgan fingerprint density at radius 3 is 2.85 bits per heavy atom. The highest BCUT2D eigenvalue weighted by atomic mass is 127. The molecule has 0 radical (unpaired) electrons. The van der Waals surface area contributed by atoms with Crippen molar-refractivity contribution in [1.29, 1.82) is 5.41 Å². The molecule has 20 heavy (non-hydrogen) atoms. The number of hydrogen-bond acceptors (Lipinski definition) is 5. The third-order valence-electron chi connectivity index (χ3n) is 2.70. The van der Waals surface area contributed by atoms with Gasteiger partial charge in [0.25, 0.3) is 0 Å². The minimum Gasteiger partial charge on any atom is -0.388 e. The number of nitrogens with one attached hydrogen (secondary N) is 1. The van der Waals surface area contributed by atoms with Crippen LogP contribution in [0.25, 0.3) is 0 Å². The normalized spacial score (nSPS) is 10.2. The Morgan fingerprint density at radius 1 is 1.35 bits per heavy atom. The number of amidine groups is 1. The number of anilines is 1. The van der Waals surface area contributed by atoms with E-state index < -0.39 is 0 Å². The number of hydrogen-bond donors (Lipinski definition) is 2. The van der Waals surface area contributed by atoms with Crippen molar-refractivity contribution in [3.63, 3.8) is 0 Å². The summed E-state index contributed by atoms with van der Waals surface area (Å²) in [4.78, 5) is 14.5. The third-order valence-corrected chi connectivity index (χ3v) is 3.46. The molecule has 3 N–H and O–H groups in total. The first-order chi connectivity index (χ1) is 9.66. The molecule has 0 fully saturated rings. The average Bonchev–Trinajstić information content (AvgIpc) is 2.45. The van der Waals surface area contributed by atoms with Crippen molar-refractivity contribution in [2.75, 3.05) is 11.4 Å². The van der Waals surface area contributed by atoms with Crippen LogP contribution < -0.4 is 10.6 Å². The highest BCUT2D eigenvalue weighted by Crippen LogP contribution is 2.20. The molecule has 0 aliphatic rings. The molecule has 0 aliphatic carbocycles. The Kier molecular flexibility index (Phi) is 5.22. The van der Waals surface area contributed by atoms with Gasteiger partial charge in [-0.3, -0.25) is 10.4 Å². The lowest BCUT2D eigenvalue weighted by Gasteiger charge is -2.24. The Labute approximate surface area is 131 Å². The van der Waals surface area contributed by atoms with Gasteiger partial charge in [-0.1, -0.05) is 6.07 Å². The van der Waals surface area contributed by atoms with Crippen LogP contribution in [0.2, 0.25) is 0 Å². The van der Waals surface area contributed by atoms with Gasteiger partial charge in [-0.25, -0.2) is 9.97 Å². The Bertz CT molecular complexity index is 574. The predicted molar refractivity (Wildman–Crippen MR) is 86.6 cm³/mol. The van der Waals surface area contributed by atoms with Gasteiger partial charge in [0.2, 0.25) is 0 Å². The third kappa shape index (κ3) is 4.12. The lowest BCUT2D eigenvalue weighted by atomic mass is 10.2. The Hall–Kier alpha value is -1.77. The zero-order valence-electron chi connectivity index (χ0n) is 10.8. The lowest BCUT2D eigenvalue weighted by Crippen LogP contribution is -2.29. The van der Waals surface area contributed by atoms with Crippen LogP contribution >= 0.6 is 22.6 Å². The monoisotopic (exact) mass is 382 g/mol. The predicted octanol–water partition coefficient (Wildman–Crippen LogP) is 1.81. The smallest absolute Gasteiger partial charge is 0.145 e. The molecule has 2 aromatic rings. The molecule has 0 unspecified atom stereocenters. The van der Waals surface area contributed by atoms with Gasteiger partial charge in [-0.15, -0.1) is 0 Å². The van der Waals surface area contributed by atoms with E-state index in [0.717, 1.165) is 15.0 Å². The van der Waals surface area contributed by atoms with Crippen molar-refractivity contribution in [2.45, 2.75) is 13.0 Å². The molecule has 2 heterocycles. The van der Waals surface area contributed by atoms with Crippen molar-refractivity contribution in [2.24, 2.45) is 5.73 Å². The van der Waals surface area contributed by atoms with Crippen LogP contribution in [0.15, 0.2) is 37.1 Å². The van der Waals surface area contributed by atoms with E-state index in [2.05, 4.69) is 42.4 Å². The number of halogens is 1. The van der Waals surface area contributed by atoms with Gasteiger partial charge in [-0.2, -0.15) is 0 Å². The van der Waals surface area contributed by atoms with Gasteiger partial charge in [0.15, 0.2) is 0 Å². The number of rotatable bonds is 6. The second-order valence-electron chi connectivity index (χ2n) is 4.25. The van der Waals surface area contributed by atoms with Crippen LogP contribution in [-0.2, 0) is 6.54 Å². The van der Waals surface area contributed by atoms with Crippen molar-refractivity contribution < 1.29 is 0 Å². The summed E-state index contributed by atoms with van der Waals surface area (Å²) in [5, 5.41) is 7.39. The second-order valence-corrected chi connectivity index (χ2v) is 5.41. The number of aromatic nitrogens is 3. The quantitative estimate of drug-likeness (QED) is 0.452. The number of pyridine rings is 1. The van der Waals surface area contributed by atoms with E-state index in [9.17, 15) is 0 Å². The zero-order valence-corrected chi connectivity index (χ0v) is 13.0. The summed E-state index contributed by atoms with van der Waals surface area (Å²) in [6.45, 7) is 1.31. The molecular formula is C13H15IN6. The fourth-order valence-electron chi connectivity index (χ4n) is 1.77. The molecule has 0 saturated heterocycles. The summed E-state index contributed by atoms with van der Waals surface area (Å²) in [6.07, 6.45) is 7.38. The van der Waals surface area contributed by atoms with E-state index in [1.165, 1.54) is 6.33 Å². The van der Waals surface area contributed by atoms with E-state index in [4.69, 9.17) is 11.1 Å². The summed E-state index contributed by atoms with van der Waals surface area (Å²) < 4.78 is 0.970. The second kappa shape index (κ2) is 7.13. The van der Waals surface area contributed by atoms with E-state index in [1.807, 2.05) is 18.3 Å². The van der Waals surface area contributed by atoms with E-state index in [1.54, 1.807) is 12.4 Å². The van der Waals surface area contributed by atoms with E-state index >= 15 is 0 Å². The van der Waals surface area contributed by atoms with Crippen LogP contribution in [0.5, 0.6) is 0 Å². The molecule has 2 rings (SSSR count). The molecular weight excluding hydrogens is 367 g/mol. The summed E-state index contributed by atoms with van der Waals surface area (Å²) in [7, 11) is 0. The maximum Gasteiger partial charge on any atom is 0.145 e. The highest BCUT2D eigenvalue weighted by molar-refractivity contribution is 14.1. The standard InChI is InChI=1S/C13H15IN6/c14-11-7-18-9-19-13(11)20(5-3-12(15)16)8-10-2-1-4-17-6-10/h1-2,4,6-7,9H,3,5,8H2,(H3,15,16). The molecule has 0 bridgehead atoms. The summed E-state index contributed by atoms with van der Waals surface area (Å²) >= 11 is 2.21. The maximum atomic E-state index is 7.39. The fourth-order valence-corrected chi connectivity index (χ4v) is 2.41. The molecule has 6 nitrogen and oxygen atoms in total. The number of nitrogens with two attached hydrogens (primary N) is 1. The first-order valence-corrected chi connectivity index (χ1v) is 7.17. The fraction of sp³-hybridized carbons (Fsp3) is 0.231. The summed E-state index contributed by atoms with van der Waals surface area (Å²) in [5.74, 6) is 1.02. The molecule has 0 atom stereocenters. The van der Waals surface area contributed by atoms with Crippen molar-refractivity contribution >= 4 is 34.2 Å². The molecule has 0 aromatic carbocycles. The number of nitrogens with zero attached hydrogens (tertiary/aromatic N) is 4. The van der Waals surface area contributed by atoms with Gasteiger partial charge < -0.3 is 10.6 Å². The van der Waals surface area contributed by atoms with E-state index in [0.29, 0.717) is 19.5 Å². The Balaban J connectivity index is 2.20. The molecule has 2 aromatic heterocycles. The van der Waals surface area contributed by atoms with Crippen molar-refractivity contribution in [3.8, 4) is 0 Å². The van der Waals surface area contributed by atoms with Crippen LogP contribution in [-0.4, -0.2) is 27.3 Å². The van der Waals surface area contributed by atoms with Crippen molar-refractivity contribution in [3.05, 3.63) is 46.2 Å². The maximum absolute atomic E-state index is 7.39. The molecule has 0 amide bonds. The molecule has 0 saturated carbocycles. The van der Waals surface area contributed by atoms with Gasteiger partial charge in [0.1, 0.15) is 12.1 Å². The summed E-state index contributed by atoms with van der Waals surface area (Å²) in [5.41, 5.74) is 6.55. The minimum atomic E-state index is 0.172. The van der Waals surface area contributed by atoms with Crippen LogP contribution in [0.3, 0.4) is 0 Å². The Morgan fingerprint density at radius 2 is 2.20 bits per heavy atom. The topological polar surface area (TPSA) is 91.8 Å².